The van der Waals surface area contributed by atoms with Gasteiger partial charge < -0.3 is 14.2 Å². The molecule has 3 rings (SSSR count). The summed E-state index contributed by atoms with van der Waals surface area (Å²) in [6.45, 7) is 10.3. The van der Waals surface area contributed by atoms with E-state index >= 15 is 0 Å². The van der Waals surface area contributed by atoms with E-state index in [-0.39, 0.29) is 11.5 Å². The predicted octanol–water partition coefficient (Wildman–Crippen LogP) is 5.01. The first-order chi connectivity index (χ1) is 11.6. The van der Waals surface area contributed by atoms with Gasteiger partial charge in [0, 0.05) is 23.0 Å². The standard InChI is InChI=1S/C21H28O3/c1-5-11-22-15-7-9-17-19(13-15)24-20-14-16(23-12-6-2)8-10-18(20)21(17,3)4/h7-10,13-14,17,19H,5-6,11-12H2,1-4H3. The highest BCUT2D eigenvalue weighted by atomic mass is 16.5. The Balaban J connectivity index is 1.88. The van der Waals surface area contributed by atoms with Crippen LogP contribution in [0.25, 0.3) is 0 Å². The van der Waals surface area contributed by atoms with E-state index in [2.05, 4.69) is 58.1 Å². The fourth-order valence-electron chi connectivity index (χ4n) is 3.47. The summed E-state index contributed by atoms with van der Waals surface area (Å²) < 4.78 is 17.9. The van der Waals surface area contributed by atoms with Crippen LogP contribution in [-0.4, -0.2) is 19.3 Å². The van der Waals surface area contributed by atoms with Crippen LogP contribution < -0.4 is 9.47 Å². The first-order valence-corrected chi connectivity index (χ1v) is 9.03. The fourth-order valence-corrected chi connectivity index (χ4v) is 3.47. The molecule has 0 bridgehead atoms. The van der Waals surface area contributed by atoms with Gasteiger partial charge in [0.1, 0.15) is 23.4 Å². The van der Waals surface area contributed by atoms with Crippen LogP contribution in [0.5, 0.6) is 11.5 Å². The van der Waals surface area contributed by atoms with Crippen molar-refractivity contribution in [3.05, 3.63) is 47.7 Å². The monoisotopic (exact) mass is 328 g/mol. The predicted molar refractivity (Wildman–Crippen MR) is 96.6 cm³/mol. The maximum atomic E-state index is 6.31. The van der Waals surface area contributed by atoms with Crippen LogP contribution in [-0.2, 0) is 10.2 Å². The van der Waals surface area contributed by atoms with Gasteiger partial charge in [0.25, 0.3) is 0 Å². The Labute approximate surface area is 145 Å². The number of hydrogen-bond acceptors (Lipinski definition) is 3. The Hall–Kier alpha value is -1.90. The Morgan fingerprint density at radius 1 is 1.08 bits per heavy atom. The van der Waals surface area contributed by atoms with E-state index in [0.717, 1.165) is 43.3 Å². The normalized spacial score (nSPS) is 23.6. The Morgan fingerprint density at radius 3 is 2.58 bits per heavy atom. The smallest absolute Gasteiger partial charge is 0.128 e. The molecule has 1 aromatic rings. The van der Waals surface area contributed by atoms with E-state index in [4.69, 9.17) is 14.2 Å². The van der Waals surface area contributed by atoms with E-state index in [0.29, 0.717) is 5.92 Å². The largest absolute Gasteiger partial charge is 0.494 e. The van der Waals surface area contributed by atoms with E-state index in [1.54, 1.807) is 0 Å². The van der Waals surface area contributed by atoms with Gasteiger partial charge in [-0.1, -0.05) is 39.8 Å². The summed E-state index contributed by atoms with van der Waals surface area (Å²) in [6.07, 6.45) is 8.45. The molecule has 1 heterocycles. The van der Waals surface area contributed by atoms with Crippen molar-refractivity contribution in [2.24, 2.45) is 5.92 Å². The molecule has 1 aliphatic carbocycles. The highest BCUT2D eigenvalue weighted by Crippen LogP contribution is 2.47. The van der Waals surface area contributed by atoms with Gasteiger partial charge in [-0.2, -0.15) is 0 Å². The molecule has 3 heteroatoms. The molecule has 0 fully saturated rings. The molecular weight excluding hydrogens is 300 g/mol. The van der Waals surface area contributed by atoms with Crippen molar-refractivity contribution in [2.45, 2.75) is 52.1 Å². The van der Waals surface area contributed by atoms with Gasteiger partial charge >= 0.3 is 0 Å². The lowest BCUT2D eigenvalue weighted by molar-refractivity contribution is 0.113. The van der Waals surface area contributed by atoms with Gasteiger partial charge in [0.2, 0.25) is 0 Å². The lowest BCUT2D eigenvalue weighted by Crippen LogP contribution is -2.44. The van der Waals surface area contributed by atoms with Gasteiger partial charge in [-0.3, -0.25) is 0 Å². The van der Waals surface area contributed by atoms with Crippen LogP contribution >= 0.6 is 0 Å². The summed E-state index contributed by atoms with van der Waals surface area (Å²) in [4.78, 5) is 0. The highest BCUT2D eigenvalue weighted by molar-refractivity contribution is 5.49. The number of hydrogen-bond donors (Lipinski definition) is 0. The number of rotatable bonds is 6. The minimum atomic E-state index is 0.00478. The molecule has 1 aliphatic heterocycles. The quantitative estimate of drug-likeness (QED) is 0.734. The summed E-state index contributed by atoms with van der Waals surface area (Å²) in [5.41, 5.74) is 1.24. The van der Waals surface area contributed by atoms with E-state index < -0.39 is 0 Å². The topological polar surface area (TPSA) is 27.7 Å². The fraction of sp³-hybridized carbons (Fsp3) is 0.524. The second kappa shape index (κ2) is 6.92. The summed E-state index contributed by atoms with van der Waals surface area (Å²) in [7, 11) is 0. The van der Waals surface area contributed by atoms with Crippen molar-refractivity contribution in [1.82, 2.24) is 0 Å². The average molecular weight is 328 g/mol. The average Bonchev–Trinajstić information content (AvgIpc) is 2.57. The number of allylic oxidation sites excluding steroid dienone is 1. The van der Waals surface area contributed by atoms with Crippen LogP contribution in [0.15, 0.2) is 42.2 Å². The molecule has 0 radical (unpaired) electrons. The third kappa shape index (κ3) is 3.17. The summed E-state index contributed by atoms with van der Waals surface area (Å²) >= 11 is 0. The molecule has 0 saturated heterocycles. The molecule has 0 saturated carbocycles. The SMILES string of the molecule is CCCOC1=CC2Oc3cc(OCCC)ccc3C(C)(C)C2C=C1. The van der Waals surface area contributed by atoms with Gasteiger partial charge in [-0.25, -0.2) is 0 Å². The second-order valence-electron chi connectivity index (χ2n) is 7.11. The third-order valence-corrected chi connectivity index (χ3v) is 4.84. The molecule has 0 N–H and O–H groups in total. The molecule has 2 atom stereocenters. The van der Waals surface area contributed by atoms with Crippen LogP contribution in [0.4, 0.5) is 0 Å². The van der Waals surface area contributed by atoms with Crippen LogP contribution in [0.2, 0.25) is 0 Å². The Morgan fingerprint density at radius 2 is 1.83 bits per heavy atom. The minimum absolute atomic E-state index is 0.00478. The Kier molecular flexibility index (Phi) is 4.88. The minimum Gasteiger partial charge on any atom is -0.494 e. The summed E-state index contributed by atoms with van der Waals surface area (Å²) in [6, 6.07) is 6.23. The number of ether oxygens (including phenoxy) is 3. The highest BCUT2D eigenvalue weighted by Gasteiger charge is 2.43. The molecule has 1 aromatic carbocycles. The van der Waals surface area contributed by atoms with E-state index in [9.17, 15) is 0 Å². The first-order valence-electron chi connectivity index (χ1n) is 9.03. The molecule has 3 nitrogen and oxygen atoms in total. The van der Waals surface area contributed by atoms with E-state index in [1.165, 1.54) is 5.56 Å². The molecular formula is C21H28O3. The molecule has 2 unspecified atom stereocenters. The second-order valence-corrected chi connectivity index (χ2v) is 7.11. The van der Waals surface area contributed by atoms with Gasteiger partial charge in [-0.15, -0.1) is 0 Å². The number of fused-ring (bicyclic) bond motifs is 2. The van der Waals surface area contributed by atoms with Crippen molar-refractivity contribution in [2.75, 3.05) is 13.2 Å². The number of benzene rings is 1. The first kappa shape index (κ1) is 16.9. The molecule has 0 aromatic heterocycles. The maximum Gasteiger partial charge on any atom is 0.128 e. The Bertz CT molecular complexity index is 642. The van der Waals surface area contributed by atoms with Crippen molar-refractivity contribution >= 4 is 0 Å². The molecule has 0 amide bonds. The molecule has 0 spiro atoms. The molecule has 2 aliphatic rings. The van der Waals surface area contributed by atoms with Crippen LogP contribution in [0.3, 0.4) is 0 Å². The van der Waals surface area contributed by atoms with Gasteiger partial charge in [0.05, 0.1) is 13.2 Å². The zero-order valence-corrected chi connectivity index (χ0v) is 15.2. The van der Waals surface area contributed by atoms with E-state index in [1.807, 2.05) is 6.07 Å². The van der Waals surface area contributed by atoms with Crippen LogP contribution in [0, 0.1) is 5.92 Å². The van der Waals surface area contributed by atoms with Crippen molar-refractivity contribution < 1.29 is 14.2 Å². The summed E-state index contributed by atoms with van der Waals surface area (Å²) in [5.74, 6) is 3.02. The maximum absolute atomic E-state index is 6.31. The van der Waals surface area contributed by atoms with Gasteiger partial charge in [-0.05, 0) is 31.1 Å². The van der Waals surface area contributed by atoms with Gasteiger partial charge in [0.15, 0.2) is 0 Å². The van der Waals surface area contributed by atoms with Crippen molar-refractivity contribution in [1.29, 1.82) is 0 Å². The lowest BCUT2D eigenvalue weighted by atomic mass is 9.67. The summed E-state index contributed by atoms with van der Waals surface area (Å²) in [5, 5.41) is 0. The molecule has 130 valence electrons. The van der Waals surface area contributed by atoms with Crippen molar-refractivity contribution in [3.8, 4) is 11.5 Å². The zero-order valence-electron chi connectivity index (χ0n) is 15.2. The lowest BCUT2D eigenvalue weighted by Gasteiger charge is -2.44. The van der Waals surface area contributed by atoms with Crippen LogP contribution in [0.1, 0.15) is 46.1 Å². The molecule has 24 heavy (non-hydrogen) atoms. The van der Waals surface area contributed by atoms with Crippen molar-refractivity contribution in [3.63, 3.8) is 0 Å². The zero-order chi connectivity index (χ0) is 17.2. The third-order valence-electron chi connectivity index (χ3n) is 4.84.